The average molecular weight is 493 g/mol. The Morgan fingerprint density at radius 1 is 0.472 bits per heavy atom. The summed E-state index contributed by atoms with van der Waals surface area (Å²) < 4.78 is 0. The third kappa shape index (κ3) is 11.0. The Labute approximate surface area is 219 Å². The highest BCUT2D eigenvalue weighted by Crippen LogP contribution is 2.23. The molecule has 0 spiro atoms. The molecule has 0 amide bonds. The van der Waals surface area contributed by atoms with Crippen molar-refractivity contribution in [1.29, 1.82) is 0 Å². The Hall–Kier alpha value is -2.62. The van der Waals surface area contributed by atoms with Crippen LogP contribution in [-0.2, 0) is 0 Å². The molecule has 2 N–H and O–H groups in total. The molecule has 0 saturated carbocycles. The number of oxime groups is 2. The van der Waals surface area contributed by atoms with Gasteiger partial charge in [-0.1, -0.05) is 150 Å². The molecule has 36 heavy (non-hydrogen) atoms. The van der Waals surface area contributed by atoms with Crippen LogP contribution in [0.4, 0.5) is 0 Å². The Bertz CT molecular complexity index is 810. The molecule has 0 aliphatic heterocycles. The number of hydrogen-bond acceptors (Lipinski definition) is 4. The minimum Gasteiger partial charge on any atom is -0.411 e. The first-order chi connectivity index (χ1) is 17.7. The van der Waals surface area contributed by atoms with Crippen LogP contribution in [0.2, 0.25) is 0 Å². The monoisotopic (exact) mass is 492 g/mol. The lowest BCUT2D eigenvalue weighted by molar-refractivity contribution is 0.317. The second-order valence-corrected chi connectivity index (χ2v) is 9.99. The molecule has 0 aliphatic rings. The summed E-state index contributed by atoms with van der Waals surface area (Å²) in [6, 6.07) is 16.5. The maximum atomic E-state index is 9.53. The molecule has 0 aromatic heterocycles. The van der Waals surface area contributed by atoms with Crippen molar-refractivity contribution in [3.05, 3.63) is 59.7 Å². The van der Waals surface area contributed by atoms with Gasteiger partial charge in [-0.05, 0) is 47.9 Å². The normalized spacial score (nSPS) is 12.3. The Kier molecular flexibility index (Phi) is 15.3. The molecule has 0 atom stereocenters. The van der Waals surface area contributed by atoms with Gasteiger partial charge in [-0.25, -0.2) is 0 Å². The molecule has 4 heteroatoms. The zero-order valence-electron chi connectivity index (χ0n) is 22.7. The zero-order chi connectivity index (χ0) is 25.8. The van der Waals surface area contributed by atoms with Crippen molar-refractivity contribution in [2.45, 2.75) is 117 Å². The first-order valence-electron chi connectivity index (χ1n) is 14.4. The van der Waals surface area contributed by atoms with Gasteiger partial charge in [0.1, 0.15) is 0 Å². The maximum Gasteiger partial charge on any atom is 0.0867 e. The van der Waals surface area contributed by atoms with E-state index in [-0.39, 0.29) is 0 Å². The molecule has 0 saturated heterocycles. The van der Waals surface area contributed by atoms with Gasteiger partial charge in [-0.2, -0.15) is 0 Å². The number of benzene rings is 2. The molecular formula is C32H48N2O2. The van der Waals surface area contributed by atoms with Gasteiger partial charge in [0.2, 0.25) is 0 Å². The van der Waals surface area contributed by atoms with Gasteiger partial charge in [0.15, 0.2) is 0 Å². The van der Waals surface area contributed by atoms with Gasteiger partial charge in [-0.15, -0.1) is 0 Å². The topological polar surface area (TPSA) is 65.2 Å². The van der Waals surface area contributed by atoms with Gasteiger partial charge in [-0.3, -0.25) is 0 Å². The minimum absolute atomic E-state index is 0.764. The maximum absolute atomic E-state index is 9.53. The minimum atomic E-state index is 0.764. The summed E-state index contributed by atoms with van der Waals surface area (Å²) >= 11 is 0. The SMILES string of the molecule is CCCCCCCCCC(=NO)c1ccc(-c2ccc(C(CCCCCCCCC)=NO)cc2)cc1. The fraction of sp³-hybridized carbons (Fsp3) is 0.562. The van der Waals surface area contributed by atoms with E-state index in [0.29, 0.717) is 0 Å². The van der Waals surface area contributed by atoms with Crippen LogP contribution in [0.3, 0.4) is 0 Å². The van der Waals surface area contributed by atoms with Crippen LogP contribution in [0, 0.1) is 0 Å². The van der Waals surface area contributed by atoms with Gasteiger partial charge < -0.3 is 10.4 Å². The standard InChI is InChI=1S/C32H48N2O2/c1-3-5-7-9-11-13-15-17-31(33-35)29-23-19-27(20-24-29)28-21-25-30(26-22-28)32(34-36)18-16-14-12-10-8-6-4-2/h19-26,35-36H,3-18H2,1-2H3. The third-order valence-electron chi connectivity index (χ3n) is 7.05. The molecular weight excluding hydrogens is 444 g/mol. The van der Waals surface area contributed by atoms with Crippen LogP contribution < -0.4 is 0 Å². The fourth-order valence-electron chi connectivity index (χ4n) is 4.71. The van der Waals surface area contributed by atoms with E-state index in [1.54, 1.807) is 0 Å². The highest BCUT2D eigenvalue weighted by Gasteiger charge is 2.08. The van der Waals surface area contributed by atoms with Crippen molar-refractivity contribution in [2.75, 3.05) is 0 Å². The lowest BCUT2D eigenvalue weighted by atomic mass is 9.97. The third-order valence-corrected chi connectivity index (χ3v) is 7.05. The summed E-state index contributed by atoms with van der Waals surface area (Å²) in [6.07, 6.45) is 19.1. The highest BCUT2D eigenvalue weighted by molar-refractivity contribution is 6.01. The first kappa shape index (κ1) is 29.6. The second kappa shape index (κ2) is 18.6. The van der Waals surface area contributed by atoms with E-state index in [1.165, 1.54) is 77.0 Å². The van der Waals surface area contributed by atoms with Gasteiger partial charge in [0, 0.05) is 0 Å². The van der Waals surface area contributed by atoms with E-state index in [0.717, 1.165) is 59.4 Å². The van der Waals surface area contributed by atoms with Crippen LogP contribution in [0.5, 0.6) is 0 Å². The summed E-state index contributed by atoms with van der Waals surface area (Å²) in [5.74, 6) is 0. The lowest BCUT2D eigenvalue weighted by Gasteiger charge is -2.09. The highest BCUT2D eigenvalue weighted by atomic mass is 16.4. The smallest absolute Gasteiger partial charge is 0.0867 e. The molecule has 0 unspecified atom stereocenters. The molecule has 0 aliphatic carbocycles. The summed E-state index contributed by atoms with van der Waals surface area (Å²) in [4.78, 5) is 0. The molecule has 2 rings (SSSR count). The largest absolute Gasteiger partial charge is 0.411 e. The molecule has 0 heterocycles. The van der Waals surface area contributed by atoms with Crippen molar-refractivity contribution in [1.82, 2.24) is 0 Å². The number of nitrogens with zero attached hydrogens (tertiary/aromatic N) is 2. The lowest BCUT2D eigenvalue weighted by Crippen LogP contribution is -2.02. The van der Waals surface area contributed by atoms with Crippen LogP contribution in [-0.4, -0.2) is 21.8 Å². The Morgan fingerprint density at radius 3 is 1.08 bits per heavy atom. The molecule has 2 aromatic carbocycles. The van der Waals surface area contributed by atoms with Crippen molar-refractivity contribution in [3.63, 3.8) is 0 Å². The van der Waals surface area contributed by atoms with Crippen LogP contribution in [0.25, 0.3) is 11.1 Å². The predicted octanol–water partition coefficient (Wildman–Crippen LogP) is 9.99. The zero-order valence-corrected chi connectivity index (χ0v) is 22.7. The number of unbranched alkanes of at least 4 members (excludes halogenated alkanes) is 12. The Morgan fingerprint density at radius 2 is 0.778 bits per heavy atom. The van der Waals surface area contributed by atoms with E-state index in [9.17, 15) is 10.4 Å². The average Bonchev–Trinajstić information content (AvgIpc) is 2.92. The molecule has 0 fully saturated rings. The van der Waals surface area contributed by atoms with E-state index in [1.807, 2.05) is 24.3 Å². The van der Waals surface area contributed by atoms with Gasteiger partial charge in [0.25, 0.3) is 0 Å². The van der Waals surface area contributed by atoms with Crippen LogP contribution in [0.15, 0.2) is 58.8 Å². The number of rotatable bonds is 19. The summed E-state index contributed by atoms with van der Waals surface area (Å²) in [5.41, 5.74) is 5.72. The van der Waals surface area contributed by atoms with Gasteiger partial charge in [0.05, 0.1) is 11.4 Å². The summed E-state index contributed by atoms with van der Waals surface area (Å²) in [7, 11) is 0. The predicted molar refractivity (Wildman–Crippen MR) is 154 cm³/mol. The quantitative estimate of drug-likeness (QED) is 0.0886. The summed E-state index contributed by atoms with van der Waals surface area (Å²) in [6.45, 7) is 4.48. The van der Waals surface area contributed by atoms with Crippen molar-refractivity contribution in [3.8, 4) is 11.1 Å². The molecule has 0 radical (unpaired) electrons. The molecule has 4 nitrogen and oxygen atoms in total. The summed E-state index contributed by atoms with van der Waals surface area (Å²) in [5, 5.41) is 26.2. The van der Waals surface area contributed by atoms with Crippen molar-refractivity contribution >= 4 is 11.4 Å². The fourth-order valence-corrected chi connectivity index (χ4v) is 4.71. The second-order valence-electron chi connectivity index (χ2n) is 9.99. The first-order valence-corrected chi connectivity index (χ1v) is 14.4. The van der Waals surface area contributed by atoms with E-state index in [4.69, 9.17) is 0 Å². The van der Waals surface area contributed by atoms with E-state index >= 15 is 0 Å². The molecule has 2 aromatic rings. The number of hydrogen-bond donors (Lipinski definition) is 2. The van der Waals surface area contributed by atoms with Crippen molar-refractivity contribution in [2.24, 2.45) is 10.3 Å². The van der Waals surface area contributed by atoms with Crippen molar-refractivity contribution < 1.29 is 10.4 Å². The van der Waals surface area contributed by atoms with E-state index < -0.39 is 0 Å². The van der Waals surface area contributed by atoms with Crippen LogP contribution in [0.1, 0.15) is 128 Å². The molecule has 0 bridgehead atoms. The molecule has 198 valence electrons. The Balaban J connectivity index is 1.83. The van der Waals surface area contributed by atoms with Gasteiger partial charge >= 0.3 is 0 Å². The van der Waals surface area contributed by atoms with Crippen LogP contribution >= 0.6 is 0 Å². The van der Waals surface area contributed by atoms with E-state index in [2.05, 4.69) is 48.4 Å².